The molecular weight excluding hydrogens is 184 g/mol. The lowest BCUT2D eigenvalue weighted by atomic mass is 10.1. The van der Waals surface area contributed by atoms with Crippen molar-refractivity contribution in [3.63, 3.8) is 0 Å². The van der Waals surface area contributed by atoms with E-state index in [0.717, 1.165) is 0 Å². The monoisotopic (exact) mass is 194 g/mol. The third-order valence-electron chi connectivity index (χ3n) is 0.792. The Bertz CT molecular complexity index is 104. The van der Waals surface area contributed by atoms with Crippen molar-refractivity contribution in [1.82, 2.24) is 0 Å². The summed E-state index contributed by atoms with van der Waals surface area (Å²) in [4.78, 5) is 10.6. The van der Waals surface area contributed by atoms with Crippen LogP contribution < -0.4 is 0 Å². The first kappa shape index (κ1) is 8.95. The summed E-state index contributed by atoms with van der Waals surface area (Å²) in [6, 6.07) is 0. The first-order valence-electron chi connectivity index (χ1n) is 2.71. The number of esters is 1. The van der Waals surface area contributed by atoms with E-state index in [-0.39, 0.29) is 10.3 Å². The van der Waals surface area contributed by atoms with Crippen LogP contribution in [0, 0.1) is 0 Å². The summed E-state index contributed by atoms with van der Waals surface area (Å²) in [6.45, 7) is 3.84. The molecule has 0 amide bonds. The molecule has 0 aliphatic carbocycles. The van der Waals surface area contributed by atoms with Crippen LogP contribution in [0.25, 0.3) is 0 Å². The molecule has 0 unspecified atom stereocenters. The normalized spacial score (nSPS) is 11.1. The van der Waals surface area contributed by atoms with Crippen LogP contribution in [0.4, 0.5) is 0 Å². The SMILES string of the molecule is COC(=O)CC(C)(C)Br. The molecule has 2 nitrogen and oxygen atoms in total. The third kappa shape index (κ3) is 5.83. The molecular formula is C6H11BrO2. The molecule has 0 aromatic carbocycles. The van der Waals surface area contributed by atoms with Gasteiger partial charge in [-0.05, 0) is 13.8 Å². The lowest BCUT2D eigenvalue weighted by Gasteiger charge is -2.12. The van der Waals surface area contributed by atoms with E-state index in [1.807, 2.05) is 13.8 Å². The van der Waals surface area contributed by atoms with Crippen molar-refractivity contribution in [2.45, 2.75) is 24.6 Å². The number of carbonyl (C=O) groups excluding carboxylic acids is 1. The van der Waals surface area contributed by atoms with Crippen molar-refractivity contribution in [3.8, 4) is 0 Å². The number of hydrogen-bond acceptors (Lipinski definition) is 2. The molecule has 54 valence electrons. The number of rotatable bonds is 2. The second kappa shape index (κ2) is 3.20. The minimum atomic E-state index is -0.183. The van der Waals surface area contributed by atoms with Gasteiger partial charge in [0.05, 0.1) is 13.5 Å². The number of methoxy groups -OCH3 is 1. The fourth-order valence-corrected chi connectivity index (χ4v) is 0.644. The Kier molecular flexibility index (Phi) is 3.18. The minimum absolute atomic E-state index is 0.139. The molecule has 0 saturated heterocycles. The van der Waals surface area contributed by atoms with Gasteiger partial charge in [0.15, 0.2) is 0 Å². The van der Waals surface area contributed by atoms with Gasteiger partial charge in [0.25, 0.3) is 0 Å². The Morgan fingerprint density at radius 1 is 1.67 bits per heavy atom. The van der Waals surface area contributed by atoms with Gasteiger partial charge in [0.2, 0.25) is 0 Å². The zero-order valence-electron chi connectivity index (χ0n) is 5.90. The van der Waals surface area contributed by atoms with Gasteiger partial charge >= 0.3 is 5.97 Å². The Labute approximate surface area is 63.7 Å². The van der Waals surface area contributed by atoms with Crippen LogP contribution >= 0.6 is 15.9 Å². The van der Waals surface area contributed by atoms with E-state index >= 15 is 0 Å². The van der Waals surface area contributed by atoms with Gasteiger partial charge in [0, 0.05) is 4.32 Å². The van der Waals surface area contributed by atoms with Gasteiger partial charge in [-0.3, -0.25) is 4.79 Å². The van der Waals surface area contributed by atoms with Gasteiger partial charge in [-0.1, -0.05) is 15.9 Å². The average Bonchev–Trinajstić information content (AvgIpc) is 1.62. The smallest absolute Gasteiger partial charge is 0.306 e. The number of halogens is 1. The maximum Gasteiger partial charge on any atom is 0.306 e. The quantitative estimate of drug-likeness (QED) is 0.495. The molecule has 3 heteroatoms. The molecule has 9 heavy (non-hydrogen) atoms. The maximum absolute atomic E-state index is 10.6. The van der Waals surface area contributed by atoms with Crippen LogP contribution in [0.1, 0.15) is 20.3 Å². The number of hydrogen-bond donors (Lipinski definition) is 0. The molecule has 0 aromatic heterocycles. The first-order valence-corrected chi connectivity index (χ1v) is 3.51. The predicted molar refractivity (Wildman–Crippen MR) is 39.6 cm³/mol. The number of ether oxygens (including phenoxy) is 1. The van der Waals surface area contributed by atoms with E-state index in [4.69, 9.17) is 0 Å². The Hall–Kier alpha value is -0.0500. The number of carbonyl (C=O) groups is 1. The molecule has 0 aliphatic heterocycles. The summed E-state index contributed by atoms with van der Waals surface area (Å²) < 4.78 is 4.32. The van der Waals surface area contributed by atoms with E-state index in [9.17, 15) is 4.79 Å². The molecule has 0 heterocycles. The van der Waals surface area contributed by atoms with Crippen molar-refractivity contribution in [1.29, 1.82) is 0 Å². The molecule has 0 spiro atoms. The van der Waals surface area contributed by atoms with E-state index in [2.05, 4.69) is 20.7 Å². The molecule has 0 bridgehead atoms. The molecule has 0 aliphatic rings. The second-order valence-electron chi connectivity index (χ2n) is 2.47. The largest absolute Gasteiger partial charge is 0.469 e. The highest BCUT2D eigenvalue weighted by Crippen LogP contribution is 2.20. The first-order chi connectivity index (χ1) is 3.95. The highest BCUT2D eigenvalue weighted by Gasteiger charge is 2.17. The Balaban J connectivity index is 3.60. The van der Waals surface area contributed by atoms with Gasteiger partial charge < -0.3 is 4.74 Å². The summed E-state index contributed by atoms with van der Waals surface area (Å²) in [7, 11) is 1.39. The fourth-order valence-electron chi connectivity index (χ4n) is 0.415. The van der Waals surface area contributed by atoms with Crippen LogP contribution in [-0.2, 0) is 9.53 Å². The van der Waals surface area contributed by atoms with Crippen molar-refractivity contribution in [3.05, 3.63) is 0 Å². The van der Waals surface area contributed by atoms with E-state index < -0.39 is 0 Å². The van der Waals surface area contributed by atoms with Crippen LogP contribution in [0.5, 0.6) is 0 Å². The van der Waals surface area contributed by atoms with Crippen molar-refractivity contribution in [2.24, 2.45) is 0 Å². The fraction of sp³-hybridized carbons (Fsp3) is 0.833. The highest BCUT2D eigenvalue weighted by atomic mass is 79.9. The van der Waals surface area contributed by atoms with Crippen molar-refractivity contribution in [2.75, 3.05) is 7.11 Å². The van der Waals surface area contributed by atoms with Gasteiger partial charge in [-0.15, -0.1) is 0 Å². The van der Waals surface area contributed by atoms with E-state index in [0.29, 0.717) is 6.42 Å². The highest BCUT2D eigenvalue weighted by molar-refractivity contribution is 9.10. The summed E-state index contributed by atoms with van der Waals surface area (Å²) >= 11 is 3.32. The predicted octanol–water partition coefficient (Wildman–Crippen LogP) is 1.72. The molecule has 0 atom stereocenters. The van der Waals surface area contributed by atoms with Gasteiger partial charge in [-0.25, -0.2) is 0 Å². The lowest BCUT2D eigenvalue weighted by molar-refractivity contribution is -0.141. The number of alkyl halides is 1. The summed E-state index contributed by atoms with van der Waals surface area (Å²) in [6.07, 6.45) is 0.406. The Morgan fingerprint density at radius 3 is 2.22 bits per heavy atom. The molecule has 0 saturated carbocycles. The molecule has 0 rings (SSSR count). The lowest BCUT2D eigenvalue weighted by Crippen LogP contribution is -2.16. The van der Waals surface area contributed by atoms with E-state index in [1.165, 1.54) is 7.11 Å². The molecule has 0 N–H and O–H groups in total. The molecule has 0 aromatic rings. The summed E-state index contributed by atoms with van der Waals surface area (Å²) in [5.74, 6) is -0.183. The zero-order chi connectivity index (χ0) is 7.49. The van der Waals surface area contributed by atoms with Crippen molar-refractivity contribution >= 4 is 21.9 Å². The minimum Gasteiger partial charge on any atom is -0.469 e. The van der Waals surface area contributed by atoms with Crippen LogP contribution in [0.2, 0.25) is 0 Å². The van der Waals surface area contributed by atoms with Crippen LogP contribution in [0.15, 0.2) is 0 Å². The Morgan fingerprint density at radius 2 is 2.11 bits per heavy atom. The topological polar surface area (TPSA) is 26.3 Å². The van der Waals surface area contributed by atoms with Gasteiger partial charge in [-0.2, -0.15) is 0 Å². The summed E-state index contributed by atoms with van der Waals surface area (Å²) in [5, 5.41) is 0. The molecule has 0 fully saturated rings. The van der Waals surface area contributed by atoms with Crippen LogP contribution in [-0.4, -0.2) is 17.4 Å². The van der Waals surface area contributed by atoms with Gasteiger partial charge in [0.1, 0.15) is 0 Å². The second-order valence-corrected chi connectivity index (χ2v) is 4.62. The maximum atomic E-state index is 10.6. The van der Waals surface area contributed by atoms with E-state index in [1.54, 1.807) is 0 Å². The summed E-state index contributed by atoms with van der Waals surface area (Å²) in [5.41, 5.74) is 0. The third-order valence-corrected chi connectivity index (χ3v) is 1.07. The van der Waals surface area contributed by atoms with Crippen molar-refractivity contribution < 1.29 is 9.53 Å². The van der Waals surface area contributed by atoms with Crippen LogP contribution in [0.3, 0.4) is 0 Å². The molecule has 0 radical (unpaired) electrons. The zero-order valence-corrected chi connectivity index (χ0v) is 7.49. The standard InChI is InChI=1S/C6H11BrO2/c1-6(2,7)4-5(8)9-3/h4H2,1-3H3. The average molecular weight is 195 g/mol.